The van der Waals surface area contributed by atoms with Crippen LogP contribution in [0.1, 0.15) is 46.0 Å². The molecule has 0 amide bonds. The lowest BCUT2D eigenvalue weighted by Gasteiger charge is -2.30. The molecule has 1 aliphatic carbocycles. The van der Waals surface area contributed by atoms with Gasteiger partial charge in [0, 0.05) is 7.11 Å². The topological polar surface area (TPSA) is 44.8 Å². The highest BCUT2D eigenvalue weighted by molar-refractivity contribution is 5.76. The van der Waals surface area contributed by atoms with Crippen molar-refractivity contribution in [2.75, 3.05) is 20.3 Å². The second-order valence-electron chi connectivity index (χ2n) is 4.93. The van der Waals surface area contributed by atoms with Crippen molar-refractivity contribution in [2.24, 2.45) is 5.41 Å². The molecule has 0 radical (unpaired) electrons. The van der Waals surface area contributed by atoms with Crippen LogP contribution in [0, 0.1) is 5.41 Å². The van der Waals surface area contributed by atoms with Gasteiger partial charge in [-0.25, -0.2) is 0 Å². The van der Waals surface area contributed by atoms with Crippen LogP contribution in [-0.2, 0) is 19.0 Å². The SMILES string of the molecule is COC(C)OCCOC(=O)C1(C)CCCCC1. The van der Waals surface area contributed by atoms with Crippen LogP contribution in [0.3, 0.4) is 0 Å². The molecule has 0 aromatic carbocycles. The van der Waals surface area contributed by atoms with Gasteiger partial charge >= 0.3 is 5.97 Å². The molecule has 100 valence electrons. The maximum Gasteiger partial charge on any atom is 0.311 e. The predicted molar refractivity (Wildman–Crippen MR) is 64.6 cm³/mol. The molecular weight excluding hydrogens is 220 g/mol. The number of methoxy groups -OCH3 is 1. The predicted octanol–water partition coefficient (Wildman–Crippen LogP) is 2.51. The fourth-order valence-corrected chi connectivity index (χ4v) is 2.13. The van der Waals surface area contributed by atoms with Gasteiger partial charge in [-0.15, -0.1) is 0 Å². The molecule has 0 bridgehead atoms. The van der Waals surface area contributed by atoms with E-state index in [2.05, 4.69) is 0 Å². The molecular formula is C13H24O4. The highest BCUT2D eigenvalue weighted by Crippen LogP contribution is 2.36. The lowest BCUT2D eigenvalue weighted by atomic mass is 9.76. The summed E-state index contributed by atoms with van der Waals surface area (Å²) in [5, 5.41) is 0. The summed E-state index contributed by atoms with van der Waals surface area (Å²) in [5.74, 6) is -0.0779. The third-order valence-corrected chi connectivity index (χ3v) is 3.45. The van der Waals surface area contributed by atoms with E-state index in [0.29, 0.717) is 13.2 Å². The van der Waals surface area contributed by atoms with Gasteiger partial charge in [-0.1, -0.05) is 19.3 Å². The molecule has 1 aliphatic rings. The number of carbonyl (C=O) groups is 1. The van der Waals surface area contributed by atoms with Crippen molar-refractivity contribution in [3.05, 3.63) is 0 Å². The third kappa shape index (κ3) is 4.64. The third-order valence-electron chi connectivity index (χ3n) is 3.45. The fourth-order valence-electron chi connectivity index (χ4n) is 2.13. The van der Waals surface area contributed by atoms with Crippen molar-refractivity contribution in [2.45, 2.75) is 52.2 Å². The zero-order chi connectivity index (χ0) is 12.7. The summed E-state index contributed by atoms with van der Waals surface area (Å²) in [5.41, 5.74) is -0.273. The molecule has 1 rings (SSSR count). The van der Waals surface area contributed by atoms with Gasteiger partial charge in [0.2, 0.25) is 0 Å². The molecule has 1 saturated carbocycles. The van der Waals surface area contributed by atoms with E-state index in [1.54, 1.807) is 7.11 Å². The number of hydrogen-bond donors (Lipinski definition) is 0. The van der Waals surface area contributed by atoms with E-state index >= 15 is 0 Å². The van der Waals surface area contributed by atoms with E-state index in [1.165, 1.54) is 6.42 Å². The quantitative estimate of drug-likeness (QED) is 0.409. The van der Waals surface area contributed by atoms with E-state index < -0.39 is 0 Å². The maximum atomic E-state index is 11.9. The summed E-state index contributed by atoms with van der Waals surface area (Å²) < 4.78 is 15.5. The van der Waals surface area contributed by atoms with E-state index in [9.17, 15) is 4.79 Å². The van der Waals surface area contributed by atoms with E-state index in [4.69, 9.17) is 14.2 Å². The van der Waals surface area contributed by atoms with Crippen LogP contribution in [0.15, 0.2) is 0 Å². The Labute approximate surface area is 104 Å². The van der Waals surface area contributed by atoms with Crippen molar-refractivity contribution in [1.82, 2.24) is 0 Å². The molecule has 17 heavy (non-hydrogen) atoms. The standard InChI is InChI=1S/C13H24O4/c1-11(15-3)16-9-10-17-12(14)13(2)7-5-4-6-8-13/h11H,4-10H2,1-3H3. The van der Waals surface area contributed by atoms with Crippen molar-refractivity contribution < 1.29 is 19.0 Å². The number of carbonyl (C=O) groups excluding carboxylic acids is 1. The normalized spacial score (nSPS) is 20.9. The molecule has 0 aromatic heterocycles. The Morgan fingerprint density at radius 2 is 1.88 bits per heavy atom. The van der Waals surface area contributed by atoms with Crippen LogP contribution < -0.4 is 0 Å². The first kappa shape index (κ1) is 14.5. The van der Waals surface area contributed by atoms with Crippen LogP contribution in [0.5, 0.6) is 0 Å². The molecule has 1 atom stereocenters. The molecule has 0 aliphatic heterocycles. The summed E-state index contributed by atoms with van der Waals surface area (Å²) in [7, 11) is 1.58. The maximum absolute atomic E-state index is 11.9. The molecule has 1 fully saturated rings. The highest BCUT2D eigenvalue weighted by atomic mass is 16.7. The summed E-state index contributed by atoms with van der Waals surface area (Å²) in [4.78, 5) is 11.9. The van der Waals surface area contributed by atoms with Crippen LogP contribution in [-0.4, -0.2) is 32.6 Å². The van der Waals surface area contributed by atoms with E-state index in [1.807, 2.05) is 13.8 Å². The van der Waals surface area contributed by atoms with Crippen LogP contribution in [0.4, 0.5) is 0 Å². The Hall–Kier alpha value is -0.610. The Balaban J connectivity index is 2.20. The Kier molecular flexibility index (Phi) is 5.92. The minimum atomic E-state index is -0.273. The van der Waals surface area contributed by atoms with E-state index in [0.717, 1.165) is 25.7 Å². The Morgan fingerprint density at radius 1 is 1.24 bits per heavy atom. The van der Waals surface area contributed by atoms with Crippen molar-refractivity contribution >= 4 is 5.97 Å². The summed E-state index contributed by atoms with van der Waals surface area (Å²) >= 11 is 0. The minimum Gasteiger partial charge on any atom is -0.463 e. The largest absolute Gasteiger partial charge is 0.463 e. The summed E-state index contributed by atoms with van der Waals surface area (Å²) in [6.45, 7) is 4.51. The average molecular weight is 244 g/mol. The molecule has 0 aromatic rings. The second-order valence-corrected chi connectivity index (χ2v) is 4.93. The van der Waals surface area contributed by atoms with Gasteiger partial charge in [0.1, 0.15) is 6.61 Å². The molecule has 4 nitrogen and oxygen atoms in total. The fraction of sp³-hybridized carbons (Fsp3) is 0.923. The smallest absolute Gasteiger partial charge is 0.311 e. The monoisotopic (exact) mass is 244 g/mol. The molecule has 1 unspecified atom stereocenters. The number of hydrogen-bond acceptors (Lipinski definition) is 4. The van der Waals surface area contributed by atoms with Crippen LogP contribution in [0.25, 0.3) is 0 Å². The number of esters is 1. The molecule has 0 spiro atoms. The highest BCUT2D eigenvalue weighted by Gasteiger charge is 2.35. The second kappa shape index (κ2) is 6.97. The van der Waals surface area contributed by atoms with Gasteiger partial charge in [0.25, 0.3) is 0 Å². The minimum absolute atomic E-state index is 0.0779. The van der Waals surface area contributed by atoms with Gasteiger partial charge in [-0.05, 0) is 26.7 Å². The van der Waals surface area contributed by atoms with Crippen molar-refractivity contribution in [3.8, 4) is 0 Å². The lowest BCUT2D eigenvalue weighted by Crippen LogP contribution is -2.33. The van der Waals surface area contributed by atoms with Crippen molar-refractivity contribution in [1.29, 1.82) is 0 Å². The van der Waals surface area contributed by atoms with Gasteiger partial charge in [-0.3, -0.25) is 4.79 Å². The lowest BCUT2D eigenvalue weighted by molar-refractivity contribution is -0.163. The molecule has 4 heteroatoms. The van der Waals surface area contributed by atoms with Crippen molar-refractivity contribution in [3.63, 3.8) is 0 Å². The molecule has 0 saturated heterocycles. The zero-order valence-electron chi connectivity index (χ0n) is 11.2. The first-order valence-corrected chi connectivity index (χ1v) is 6.40. The number of ether oxygens (including phenoxy) is 3. The number of rotatable bonds is 6. The molecule has 0 N–H and O–H groups in total. The summed E-state index contributed by atoms with van der Waals surface area (Å²) in [6, 6.07) is 0. The van der Waals surface area contributed by atoms with Gasteiger partial charge < -0.3 is 14.2 Å². The average Bonchev–Trinajstić information content (AvgIpc) is 2.34. The zero-order valence-corrected chi connectivity index (χ0v) is 11.2. The Morgan fingerprint density at radius 3 is 2.47 bits per heavy atom. The first-order valence-electron chi connectivity index (χ1n) is 6.40. The Bertz CT molecular complexity index is 234. The van der Waals surface area contributed by atoms with Crippen LogP contribution in [0.2, 0.25) is 0 Å². The van der Waals surface area contributed by atoms with Gasteiger partial charge in [0.15, 0.2) is 6.29 Å². The summed E-state index contributed by atoms with van der Waals surface area (Å²) in [6.07, 6.45) is 5.13. The van der Waals surface area contributed by atoms with E-state index in [-0.39, 0.29) is 17.7 Å². The molecule has 0 heterocycles. The van der Waals surface area contributed by atoms with Gasteiger partial charge in [-0.2, -0.15) is 0 Å². The van der Waals surface area contributed by atoms with Gasteiger partial charge in [0.05, 0.1) is 12.0 Å². The van der Waals surface area contributed by atoms with Crippen LogP contribution >= 0.6 is 0 Å². The first-order chi connectivity index (χ1) is 8.08.